The average molecular weight is 482 g/mol. The molecule has 180 valence electrons. The van der Waals surface area contributed by atoms with Gasteiger partial charge < -0.3 is 5.32 Å². The van der Waals surface area contributed by atoms with Crippen molar-refractivity contribution in [3.63, 3.8) is 0 Å². The maximum atomic E-state index is 13.0. The summed E-state index contributed by atoms with van der Waals surface area (Å²) in [6, 6.07) is 5.18. The van der Waals surface area contributed by atoms with Crippen molar-refractivity contribution in [2.45, 2.75) is 32.6 Å². The number of pyridine rings is 1. The number of nitrogens with one attached hydrogen (secondary N) is 1. The van der Waals surface area contributed by atoms with E-state index in [0.717, 1.165) is 17.8 Å². The van der Waals surface area contributed by atoms with Crippen molar-refractivity contribution in [2.75, 3.05) is 11.4 Å². The lowest BCUT2D eigenvalue weighted by atomic mass is 10.0. The molecule has 0 saturated carbocycles. The van der Waals surface area contributed by atoms with Gasteiger partial charge in [0.05, 0.1) is 23.0 Å². The van der Waals surface area contributed by atoms with Crippen molar-refractivity contribution >= 4 is 17.8 Å². The standard InChI is InChI=1S/C23H20F6N4O/c1-3-4-15(2)14-33(20-6-5-19(12-30)32-13-20)21(34)31-8-7-16-9-17(22(24,25)26)11-18(10-16)23(27,28)29/h4-11,13H,3,14H2,1-2H3,(H,31,34)/b8-7+,15-4+. The number of halogens is 6. The first-order valence-electron chi connectivity index (χ1n) is 9.91. The van der Waals surface area contributed by atoms with Crippen LogP contribution in [0, 0.1) is 11.3 Å². The van der Waals surface area contributed by atoms with Crippen LogP contribution in [0.15, 0.2) is 54.4 Å². The van der Waals surface area contributed by atoms with Crippen molar-refractivity contribution in [3.8, 4) is 6.07 Å². The Balaban J connectivity index is 2.31. The molecule has 5 nitrogen and oxygen atoms in total. The molecule has 34 heavy (non-hydrogen) atoms. The number of aromatic nitrogens is 1. The van der Waals surface area contributed by atoms with Crippen molar-refractivity contribution in [1.29, 1.82) is 5.26 Å². The maximum absolute atomic E-state index is 13.0. The first-order valence-corrected chi connectivity index (χ1v) is 9.91. The fraction of sp³-hybridized carbons (Fsp3) is 0.261. The highest BCUT2D eigenvalue weighted by atomic mass is 19.4. The van der Waals surface area contributed by atoms with E-state index in [1.54, 1.807) is 6.92 Å². The fourth-order valence-electron chi connectivity index (χ4n) is 2.92. The van der Waals surface area contributed by atoms with Gasteiger partial charge in [-0.25, -0.2) is 9.78 Å². The van der Waals surface area contributed by atoms with Crippen molar-refractivity contribution in [3.05, 3.63) is 76.8 Å². The molecular weight excluding hydrogens is 462 g/mol. The van der Waals surface area contributed by atoms with Gasteiger partial charge in [0.2, 0.25) is 0 Å². The highest BCUT2D eigenvalue weighted by Crippen LogP contribution is 2.36. The number of rotatable bonds is 6. The van der Waals surface area contributed by atoms with E-state index in [9.17, 15) is 31.1 Å². The molecule has 0 unspecified atom stereocenters. The molecule has 0 aliphatic rings. The van der Waals surface area contributed by atoms with Crippen LogP contribution in [0.4, 0.5) is 36.8 Å². The van der Waals surface area contributed by atoms with E-state index < -0.39 is 35.1 Å². The number of hydrogen-bond donors (Lipinski definition) is 1. The van der Waals surface area contributed by atoms with Crippen molar-refractivity contribution < 1.29 is 31.1 Å². The minimum Gasteiger partial charge on any atom is -0.314 e. The van der Waals surface area contributed by atoms with Gasteiger partial charge in [0.1, 0.15) is 11.8 Å². The fourth-order valence-corrected chi connectivity index (χ4v) is 2.92. The number of allylic oxidation sites excluding steroid dienone is 1. The summed E-state index contributed by atoms with van der Waals surface area (Å²) < 4.78 is 78.1. The van der Waals surface area contributed by atoms with Crippen LogP contribution in [-0.2, 0) is 12.4 Å². The predicted molar refractivity (Wildman–Crippen MR) is 114 cm³/mol. The summed E-state index contributed by atoms with van der Waals surface area (Å²) in [5.74, 6) is 0. The molecule has 0 saturated heterocycles. The Bertz CT molecular complexity index is 1080. The third-order valence-electron chi connectivity index (χ3n) is 4.47. The van der Waals surface area contributed by atoms with Gasteiger partial charge in [0.25, 0.3) is 0 Å². The molecule has 1 N–H and O–H groups in total. The Morgan fingerprint density at radius 1 is 1.12 bits per heavy atom. The Morgan fingerprint density at radius 3 is 2.21 bits per heavy atom. The summed E-state index contributed by atoms with van der Waals surface area (Å²) in [6.07, 6.45) is -4.15. The number of carbonyl (C=O) groups excluding carboxylic acids is 1. The molecule has 1 aromatic heterocycles. The number of benzene rings is 1. The summed E-state index contributed by atoms with van der Waals surface area (Å²) >= 11 is 0. The predicted octanol–water partition coefficient (Wildman–Crippen LogP) is 6.53. The van der Waals surface area contributed by atoms with Gasteiger partial charge in [-0.3, -0.25) is 4.90 Å². The Labute approximate surface area is 192 Å². The van der Waals surface area contributed by atoms with Crippen LogP contribution in [0.1, 0.15) is 42.7 Å². The smallest absolute Gasteiger partial charge is 0.314 e. The molecule has 1 heterocycles. The third-order valence-corrected chi connectivity index (χ3v) is 4.47. The second-order valence-electron chi connectivity index (χ2n) is 7.18. The minimum atomic E-state index is -4.98. The number of amides is 2. The van der Waals surface area contributed by atoms with Crippen LogP contribution in [0.25, 0.3) is 6.08 Å². The van der Waals surface area contributed by atoms with Gasteiger partial charge >= 0.3 is 18.4 Å². The summed E-state index contributed by atoms with van der Waals surface area (Å²) in [5.41, 5.74) is -2.00. The van der Waals surface area contributed by atoms with E-state index >= 15 is 0 Å². The lowest BCUT2D eigenvalue weighted by molar-refractivity contribution is -0.143. The highest BCUT2D eigenvalue weighted by Gasteiger charge is 2.36. The molecular formula is C23H20F6N4O. The molecule has 2 aromatic rings. The number of urea groups is 1. The van der Waals surface area contributed by atoms with Crippen molar-refractivity contribution in [2.24, 2.45) is 0 Å². The van der Waals surface area contributed by atoms with E-state index in [2.05, 4.69) is 10.3 Å². The number of carbonyl (C=O) groups is 1. The summed E-state index contributed by atoms with van der Waals surface area (Å²) in [5, 5.41) is 11.2. The van der Waals surface area contributed by atoms with E-state index in [0.29, 0.717) is 24.2 Å². The van der Waals surface area contributed by atoms with Crippen LogP contribution >= 0.6 is 0 Å². The summed E-state index contributed by atoms with van der Waals surface area (Å²) in [6.45, 7) is 3.84. The largest absolute Gasteiger partial charge is 0.416 e. The number of alkyl halides is 6. The van der Waals surface area contributed by atoms with Gasteiger partial charge in [-0.05, 0) is 55.3 Å². The molecule has 0 radical (unpaired) electrons. The molecule has 2 rings (SSSR count). The zero-order valence-electron chi connectivity index (χ0n) is 18.1. The van der Waals surface area contributed by atoms with Crippen LogP contribution in [0.2, 0.25) is 0 Å². The molecule has 0 aliphatic carbocycles. The maximum Gasteiger partial charge on any atom is 0.416 e. The number of hydrogen-bond acceptors (Lipinski definition) is 3. The molecule has 0 spiro atoms. The van der Waals surface area contributed by atoms with Crippen molar-refractivity contribution in [1.82, 2.24) is 10.3 Å². The summed E-state index contributed by atoms with van der Waals surface area (Å²) in [7, 11) is 0. The molecule has 0 fully saturated rings. The lowest BCUT2D eigenvalue weighted by Crippen LogP contribution is -2.38. The molecule has 11 heteroatoms. The van der Waals surface area contributed by atoms with Crippen LogP contribution in [0.5, 0.6) is 0 Å². The van der Waals surface area contributed by atoms with Gasteiger partial charge in [-0.15, -0.1) is 0 Å². The van der Waals surface area contributed by atoms with Crippen LogP contribution in [0.3, 0.4) is 0 Å². The Morgan fingerprint density at radius 2 is 1.74 bits per heavy atom. The zero-order valence-corrected chi connectivity index (χ0v) is 18.1. The monoisotopic (exact) mass is 482 g/mol. The third kappa shape index (κ3) is 7.37. The van der Waals surface area contributed by atoms with Crippen LogP contribution in [-0.4, -0.2) is 17.6 Å². The van der Waals surface area contributed by atoms with Gasteiger partial charge in [0, 0.05) is 12.7 Å². The topological polar surface area (TPSA) is 69.0 Å². The average Bonchev–Trinajstić information content (AvgIpc) is 2.76. The Hall–Kier alpha value is -3.81. The molecule has 1 aromatic carbocycles. The molecule has 2 amide bonds. The van der Waals surface area contributed by atoms with Gasteiger partial charge in [-0.2, -0.15) is 31.6 Å². The number of nitrogens with zero attached hydrogens (tertiary/aromatic N) is 3. The van der Waals surface area contributed by atoms with E-state index in [4.69, 9.17) is 5.26 Å². The SMILES string of the molecule is CC/C=C(\C)CN(C(=O)N/C=C/c1cc(C(F)(F)F)cc(C(F)(F)F)c1)c1ccc(C#N)nc1. The van der Waals surface area contributed by atoms with E-state index in [-0.39, 0.29) is 18.3 Å². The second-order valence-corrected chi connectivity index (χ2v) is 7.18. The lowest BCUT2D eigenvalue weighted by Gasteiger charge is -2.22. The molecule has 0 atom stereocenters. The minimum absolute atomic E-state index is 0.0262. The first kappa shape index (κ1) is 26.4. The highest BCUT2D eigenvalue weighted by molar-refractivity contribution is 5.93. The quantitative estimate of drug-likeness (QED) is 0.376. The second kappa shape index (κ2) is 10.9. The number of anilines is 1. The molecule has 0 bridgehead atoms. The Kier molecular flexibility index (Phi) is 8.46. The van der Waals surface area contributed by atoms with Crippen LogP contribution < -0.4 is 10.2 Å². The first-order chi connectivity index (χ1) is 15.8. The normalized spacial score (nSPS) is 12.5. The zero-order chi connectivity index (χ0) is 25.5. The van der Waals surface area contributed by atoms with E-state index in [1.165, 1.54) is 23.2 Å². The van der Waals surface area contributed by atoms with Gasteiger partial charge in [0.15, 0.2) is 0 Å². The van der Waals surface area contributed by atoms with Gasteiger partial charge in [-0.1, -0.05) is 18.6 Å². The number of nitriles is 1. The molecule has 0 aliphatic heterocycles. The van der Waals surface area contributed by atoms with E-state index in [1.807, 2.05) is 19.1 Å². The summed E-state index contributed by atoms with van der Waals surface area (Å²) in [4.78, 5) is 17.9.